The molecule has 3 aliphatic carbocycles. The molecule has 2 fully saturated rings. The molecule has 0 unspecified atom stereocenters. The summed E-state index contributed by atoms with van der Waals surface area (Å²) in [6.07, 6.45) is -0.989. The van der Waals surface area contributed by atoms with E-state index in [4.69, 9.17) is 30.8 Å². The molecule has 7 rings (SSSR count). The number of benzene rings is 2. The highest BCUT2D eigenvalue weighted by Crippen LogP contribution is 2.51. The molecule has 2 saturated carbocycles. The number of nitrogens with zero attached hydrogens (tertiary/aromatic N) is 2. The van der Waals surface area contributed by atoms with E-state index >= 15 is 0 Å². The zero-order valence-corrected chi connectivity index (χ0v) is 31.1. The van der Waals surface area contributed by atoms with Gasteiger partial charge in [-0.2, -0.15) is 18.2 Å². The maximum Gasteiger partial charge on any atom is 0.421 e. The van der Waals surface area contributed by atoms with E-state index in [0.29, 0.717) is 80.1 Å². The van der Waals surface area contributed by atoms with E-state index < -0.39 is 40.7 Å². The van der Waals surface area contributed by atoms with Gasteiger partial charge in [0.15, 0.2) is 0 Å². The van der Waals surface area contributed by atoms with Crippen LogP contribution in [-0.4, -0.2) is 52.0 Å². The number of aliphatic carboxylic acids is 1. The third-order valence-electron chi connectivity index (χ3n) is 11.1. The van der Waals surface area contributed by atoms with Gasteiger partial charge in [0.2, 0.25) is 17.6 Å². The SMILES string of the molecule is COc1nc(-c2cccc(-c3cccc4c3CC[C@@H]4Oc3nc(OC)c(CCCC4(C(=O)O)CC4)cc3C(F)(F)F)c2Cl)ccc1CNC1CC(C)(O)C1. The highest BCUT2D eigenvalue weighted by molar-refractivity contribution is 6.36. The number of ether oxygens (including phenoxy) is 3. The fourth-order valence-corrected chi connectivity index (χ4v) is 8.23. The van der Waals surface area contributed by atoms with Crippen molar-refractivity contribution in [2.45, 2.75) is 95.2 Å². The number of aliphatic hydroxyl groups is 1. The molecule has 2 aromatic carbocycles. The Labute approximate surface area is 316 Å². The van der Waals surface area contributed by atoms with Crippen LogP contribution in [0.2, 0.25) is 5.02 Å². The monoisotopic (exact) mass is 765 g/mol. The van der Waals surface area contributed by atoms with Gasteiger partial charge in [0.1, 0.15) is 11.7 Å². The standard InChI is InChI=1S/C41H43ClF3N3O6/c1-39(51)20-25(21-39)46-22-24-12-14-32(47-36(24)53-3)30-11-5-10-29(34(30)42)26-8-4-9-28-27(26)13-15-33(28)54-37-31(41(43,44)45)19-23(35(48-37)52-2)7-6-16-40(17-18-40)38(49)50/h4-5,8-12,14,19,25,33,46,51H,6-7,13,15-18,20-22H2,1-3H3,(H,49,50)/t25?,33-,39?/m0/s1. The minimum absolute atomic E-state index is 0.0240. The van der Waals surface area contributed by atoms with Crippen molar-refractivity contribution in [2.24, 2.45) is 5.41 Å². The van der Waals surface area contributed by atoms with Gasteiger partial charge in [0, 0.05) is 34.8 Å². The molecule has 54 heavy (non-hydrogen) atoms. The van der Waals surface area contributed by atoms with Crippen molar-refractivity contribution >= 4 is 17.6 Å². The van der Waals surface area contributed by atoms with Crippen molar-refractivity contribution < 1.29 is 42.4 Å². The lowest BCUT2D eigenvalue weighted by atomic mass is 9.77. The fraction of sp³-hybridized carbons (Fsp3) is 0.439. The Bertz CT molecular complexity index is 2060. The summed E-state index contributed by atoms with van der Waals surface area (Å²) in [5.74, 6) is -0.935. The van der Waals surface area contributed by atoms with Crippen LogP contribution in [0.15, 0.2) is 54.6 Å². The van der Waals surface area contributed by atoms with E-state index in [9.17, 15) is 28.2 Å². The minimum atomic E-state index is -4.75. The van der Waals surface area contributed by atoms with Crippen LogP contribution >= 0.6 is 11.6 Å². The number of carboxylic acid groups (broad SMARTS) is 1. The normalized spacial score (nSPS) is 21.3. The number of hydrogen-bond donors (Lipinski definition) is 3. The van der Waals surface area contributed by atoms with Gasteiger partial charge < -0.3 is 29.7 Å². The highest BCUT2D eigenvalue weighted by atomic mass is 35.5. The average Bonchev–Trinajstić information content (AvgIpc) is 3.82. The summed E-state index contributed by atoms with van der Waals surface area (Å²) in [5.41, 5.74) is 3.34. The van der Waals surface area contributed by atoms with Crippen molar-refractivity contribution in [3.8, 4) is 40.0 Å². The average molecular weight is 766 g/mol. The molecule has 2 aromatic heterocycles. The minimum Gasteiger partial charge on any atom is -0.481 e. The summed E-state index contributed by atoms with van der Waals surface area (Å²) in [6, 6.07) is 16.4. The number of carboxylic acids is 1. The van der Waals surface area contributed by atoms with Gasteiger partial charge in [0.05, 0.1) is 36.0 Å². The highest BCUT2D eigenvalue weighted by Gasteiger charge is 2.49. The molecule has 13 heteroatoms. The molecule has 0 bridgehead atoms. The first-order valence-corrected chi connectivity index (χ1v) is 18.6. The van der Waals surface area contributed by atoms with E-state index in [-0.39, 0.29) is 23.9 Å². The summed E-state index contributed by atoms with van der Waals surface area (Å²) in [5, 5.41) is 23.5. The van der Waals surface area contributed by atoms with Crippen LogP contribution in [0, 0.1) is 5.41 Å². The molecular weight excluding hydrogens is 723 g/mol. The van der Waals surface area contributed by atoms with Crippen molar-refractivity contribution in [3.05, 3.63) is 87.4 Å². The number of halogens is 4. The summed E-state index contributed by atoms with van der Waals surface area (Å²) in [6.45, 7) is 2.37. The number of hydrogen-bond acceptors (Lipinski definition) is 8. The zero-order valence-electron chi connectivity index (χ0n) is 30.4. The number of aromatic nitrogens is 2. The second-order valence-corrected chi connectivity index (χ2v) is 15.4. The van der Waals surface area contributed by atoms with E-state index in [0.717, 1.165) is 33.9 Å². The van der Waals surface area contributed by atoms with Crippen LogP contribution < -0.4 is 19.5 Å². The molecule has 0 aliphatic heterocycles. The number of carbonyl (C=O) groups is 1. The van der Waals surface area contributed by atoms with Crippen molar-refractivity contribution in [2.75, 3.05) is 14.2 Å². The summed E-state index contributed by atoms with van der Waals surface area (Å²) >= 11 is 7.11. The number of methoxy groups -OCH3 is 2. The van der Waals surface area contributed by atoms with Gasteiger partial charge in [-0.1, -0.05) is 54.1 Å². The first-order chi connectivity index (χ1) is 25.7. The molecular formula is C41H43ClF3N3O6. The number of alkyl halides is 3. The smallest absolute Gasteiger partial charge is 0.421 e. The summed E-state index contributed by atoms with van der Waals surface area (Å²) < 4.78 is 60.6. The molecule has 1 atom stereocenters. The first kappa shape index (κ1) is 37.9. The Hall–Kier alpha value is -4.39. The Morgan fingerprint density at radius 2 is 1.65 bits per heavy atom. The quantitative estimate of drug-likeness (QED) is 0.116. The third kappa shape index (κ3) is 7.61. The number of fused-ring (bicyclic) bond motifs is 1. The second-order valence-electron chi connectivity index (χ2n) is 15.0. The number of nitrogens with one attached hydrogen (secondary N) is 1. The maximum atomic E-state index is 14.5. The number of aryl methyl sites for hydroxylation is 1. The van der Waals surface area contributed by atoms with Crippen LogP contribution in [0.1, 0.15) is 85.8 Å². The zero-order chi connectivity index (χ0) is 38.4. The molecule has 2 heterocycles. The maximum absolute atomic E-state index is 14.5. The lowest BCUT2D eigenvalue weighted by molar-refractivity contribution is -0.143. The molecule has 4 aromatic rings. The summed E-state index contributed by atoms with van der Waals surface area (Å²) in [4.78, 5) is 20.6. The Balaban J connectivity index is 1.12. The summed E-state index contributed by atoms with van der Waals surface area (Å²) in [7, 11) is 2.91. The van der Waals surface area contributed by atoms with E-state index in [1.165, 1.54) is 7.11 Å². The van der Waals surface area contributed by atoms with Crippen LogP contribution in [-0.2, 0) is 30.4 Å². The van der Waals surface area contributed by atoms with Gasteiger partial charge in [-0.05, 0) is 93.5 Å². The van der Waals surface area contributed by atoms with E-state index in [1.54, 1.807) is 7.11 Å². The molecule has 0 amide bonds. The van der Waals surface area contributed by atoms with Crippen LogP contribution in [0.3, 0.4) is 0 Å². The Morgan fingerprint density at radius 3 is 2.31 bits per heavy atom. The topological polar surface area (TPSA) is 123 Å². The van der Waals surface area contributed by atoms with Gasteiger partial charge >= 0.3 is 12.1 Å². The van der Waals surface area contributed by atoms with Crippen molar-refractivity contribution in [1.82, 2.24) is 15.3 Å². The molecule has 286 valence electrons. The van der Waals surface area contributed by atoms with Crippen molar-refractivity contribution in [3.63, 3.8) is 0 Å². The lowest BCUT2D eigenvalue weighted by Crippen LogP contribution is -2.51. The number of rotatable bonds is 14. The third-order valence-corrected chi connectivity index (χ3v) is 11.5. The molecule has 3 aliphatic rings. The molecule has 9 nitrogen and oxygen atoms in total. The van der Waals surface area contributed by atoms with Crippen LogP contribution in [0.25, 0.3) is 22.4 Å². The van der Waals surface area contributed by atoms with E-state index in [2.05, 4.69) is 10.3 Å². The fourth-order valence-electron chi connectivity index (χ4n) is 7.90. The van der Waals surface area contributed by atoms with Crippen molar-refractivity contribution in [1.29, 1.82) is 0 Å². The predicted octanol–water partition coefficient (Wildman–Crippen LogP) is 8.76. The van der Waals surface area contributed by atoms with Gasteiger partial charge in [0.25, 0.3) is 0 Å². The Morgan fingerprint density at radius 1 is 0.963 bits per heavy atom. The second kappa shape index (κ2) is 14.7. The molecule has 3 N–H and O–H groups in total. The predicted molar refractivity (Wildman–Crippen MR) is 197 cm³/mol. The van der Waals surface area contributed by atoms with E-state index in [1.807, 2.05) is 55.5 Å². The largest absolute Gasteiger partial charge is 0.481 e. The molecule has 0 radical (unpaired) electrons. The molecule has 0 saturated heterocycles. The van der Waals surface area contributed by atoms with Gasteiger partial charge in [-0.25, -0.2) is 4.98 Å². The van der Waals surface area contributed by atoms with Crippen LogP contribution in [0.5, 0.6) is 17.6 Å². The first-order valence-electron chi connectivity index (χ1n) is 18.2. The van der Waals surface area contributed by atoms with Gasteiger partial charge in [-0.3, -0.25) is 4.79 Å². The lowest BCUT2D eigenvalue weighted by Gasteiger charge is -2.41. The number of pyridine rings is 2. The van der Waals surface area contributed by atoms with Gasteiger partial charge in [-0.15, -0.1) is 0 Å². The molecule has 0 spiro atoms. The van der Waals surface area contributed by atoms with Crippen LogP contribution in [0.4, 0.5) is 13.2 Å². The Kier molecular flexibility index (Phi) is 10.3.